The van der Waals surface area contributed by atoms with Crippen LogP contribution in [-0.4, -0.2) is 11.9 Å². The molecule has 4 nitrogen and oxygen atoms in total. The van der Waals surface area contributed by atoms with Gasteiger partial charge in [0.15, 0.2) is 0 Å². The van der Waals surface area contributed by atoms with Gasteiger partial charge < -0.3 is 10.1 Å². The Bertz CT molecular complexity index is 670. The number of nitrogens with one attached hydrogen (secondary N) is 1. The van der Waals surface area contributed by atoms with Crippen LogP contribution in [0.15, 0.2) is 48.5 Å². The molecule has 1 amide bonds. The summed E-state index contributed by atoms with van der Waals surface area (Å²) in [6.07, 6.45) is 0.305. The van der Waals surface area contributed by atoms with E-state index in [2.05, 4.69) is 27.9 Å². The van der Waals surface area contributed by atoms with Gasteiger partial charge in [-0.15, -0.1) is 0 Å². The second-order valence-electron chi connectivity index (χ2n) is 4.32. The molecule has 0 radical (unpaired) electrons. The molecule has 1 N–H and O–H groups in total. The van der Waals surface area contributed by atoms with Crippen LogP contribution in [-0.2, 0) is 4.79 Å². The van der Waals surface area contributed by atoms with Crippen LogP contribution >= 0.6 is 22.6 Å². The van der Waals surface area contributed by atoms with Crippen molar-refractivity contribution in [3.8, 4) is 5.75 Å². The van der Waals surface area contributed by atoms with Crippen molar-refractivity contribution in [2.45, 2.75) is 13.3 Å². The van der Waals surface area contributed by atoms with Crippen molar-refractivity contribution in [3.63, 3.8) is 0 Å². The monoisotopic (exact) mass is 395 g/mol. The standard InChI is InChI=1S/C16H14INO3/c1-2-15(19)21-14-8-4-7-13(10-14)18-16(20)11-5-3-6-12(17)9-11/h3-10H,2H2,1H3,(H,18,20). The van der Waals surface area contributed by atoms with Gasteiger partial charge in [0.2, 0.25) is 0 Å². The minimum Gasteiger partial charge on any atom is -0.426 e. The predicted molar refractivity (Wildman–Crippen MR) is 89.5 cm³/mol. The fraction of sp³-hybridized carbons (Fsp3) is 0.125. The number of anilines is 1. The molecule has 0 saturated heterocycles. The smallest absolute Gasteiger partial charge is 0.310 e. The molecule has 21 heavy (non-hydrogen) atoms. The van der Waals surface area contributed by atoms with Crippen LogP contribution < -0.4 is 10.1 Å². The summed E-state index contributed by atoms with van der Waals surface area (Å²) in [5.74, 6) is -0.0918. The van der Waals surface area contributed by atoms with Crippen molar-refractivity contribution in [1.29, 1.82) is 0 Å². The highest BCUT2D eigenvalue weighted by Crippen LogP contribution is 2.19. The molecule has 0 unspecified atom stereocenters. The van der Waals surface area contributed by atoms with Crippen LogP contribution in [0.2, 0.25) is 0 Å². The first-order valence-electron chi connectivity index (χ1n) is 6.46. The zero-order chi connectivity index (χ0) is 15.2. The molecule has 0 heterocycles. The molecule has 0 atom stereocenters. The van der Waals surface area contributed by atoms with Gasteiger partial charge in [0.25, 0.3) is 5.91 Å². The van der Waals surface area contributed by atoms with E-state index in [1.807, 2.05) is 12.1 Å². The van der Waals surface area contributed by atoms with Gasteiger partial charge in [-0.25, -0.2) is 0 Å². The highest BCUT2D eigenvalue weighted by Gasteiger charge is 2.08. The van der Waals surface area contributed by atoms with E-state index in [-0.39, 0.29) is 11.9 Å². The molecule has 0 aliphatic carbocycles. The Labute approximate surface area is 136 Å². The summed E-state index contributed by atoms with van der Waals surface area (Å²) in [6.45, 7) is 1.73. The van der Waals surface area contributed by atoms with Crippen molar-refractivity contribution in [1.82, 2.24) is 0 Å². The van der Waals surface area contributed by atoms with Crippen LogP contribution in [0.4, 0.5) is 5.69 Å². The molecule has 0 aromatic heterocycles. The molecular weight excluding hydrogens is 381 g/mol. The number of carbonyl (C=O) groups is 2. The van der Waals surface area contributed by atoms with Crippen molar-refractivity contribution < 1.29 is 14.3 Å². The number of hydrogen-bond donors (Lipinski definition) is 1. The van der Waals surface area contributed by atoms with E-state index in [4.69, 9.17) is 4.74 Å². The van der Waals surface area contributed by atoms with Gasteiger partial charge in [-0.1, -0.05) is 19.1 Å². The van der Waals surface area contributed by atoms with E-state index in [0.29, 0.717) is 23.4 Å². The average Bonchev–Trinajstić information content (AvgIpc) is 2.47. The first-order chi connectivity index (χ1) is 10.1. The molecule has 0 fully saturated rings. The van der Waals surface area contributed by atoms with Crippen LogP contribution in [0.1, 0.15) is 23.7 Å². The number of esters is 1. The summed E-state index contributed by atoms with van der Waals surface area (Å²) in [4.78, 5) is 23.4. The van der Waals surface area contributed by atoms with Gasteiger partial charge in [-0.3, -0.25) is 9.59 Å². The molecular formula is C16H14INO3. The quantitative estimate of drug-likeness (QED) is 0.486. The molecule has 0 saturated carbocycles. The Morgan fingerprint density at radius 1 is 1.14 bits per heavy atom. The number of ether oxygens (including phenoxy) is 1. The van der Waals surface area contributed by atoms with Gasteiger partial charge in [-0.05, 0) is 52.9 Å². The van der Waals surface area contributed by atoms with Crippen molar-refractivity contribution >= 4 is 40.2 Å². The van der Waals surface area contributed by atoms with Crippen LogP contribution in [0, 0.1) is 3.57 Å². The summed E-state index contributed by atoms with van der Waals surface area (Å²) in [7, 11) is 0. The highest BCUT2D eigenvalue weighted by molar-refractivity contribution is 14.1. The van der Waals surface area contributed by atoms with Crippen LogP contribution in [0.5, 0.6) is 5.75 Å². The van der Waals surface area contributed by atoms with E-state index in [1.165, 1.54) is 0 Å². The van der Waals surface area contributed by atoms with Gasteiger partial charge >= 0.3 is 5.97 Å². The SMILES string of the molecule is CCC(=O)Oc1cccc(NC(=O)c2cccc(I)c2)c1. The second kappa shape index (κ2) is 7.21. The van der Waals surface area contributed by atoms with Gasteiger partial charge in [0, 0.05) is 27.3 Å². The molecule has 108 valence electrons. The fourth-order valence-electron chi connectivity index (χ4n) is 1.67. The maximum Gasteiger partial charge on any atom is 0.310 e. The second-order valence-corrected chi connectivity index (χ2v) is 5.57. The Hall–Kier alpha value is -1.89. The molecule has 0 bridgehead atoms. The average molecular weight is 395 g/mol. The molecule has 2 aromatic rings. The van der Waals surface area contributed by atoms with E-state index >= 15 is 0 Å². The zero-order valence-electron chi connectivity index (χ0n) is 11.4. The molecule has 0 spiro atoms. The Kier molecular flexibility index (Phi) is 5.32. The normalized spacial score (nSPS) is 10.0. The minimum atomic E-state index is -0.309. The lowest BCUT2D eigenvalue weighted by atomic mass is 10.2. The Morgan fingerprint density at radius 3 is 2.62 bits per heavy atom. The zero-order valence-corrected chi connectivity index (χ0v) is 13.6. The van der Waals surface area contributed by atoms with Gasteiger partial charge in [0.05, 0.1) is 0 Å². The number of benzene rings is 2. The van der Waals surface area contributed by atoms with E-state index in [0.717, 1.165) is 3.57 Å². The number of halogens is 1. The molecule has 2 aromatic carbocycles. The third-order valence-corrected chi connectivity index (χ3v) is 3.37. The van der Waals surface area contributed by atoms with Crippen LogP contribution in [0.3, 0.4) is 0 Å². The molecule has 0 aliphatic rings. The number of carbonyl (C=O) groups excluding carboxylic acids is 2. The first kappa shape index (κ1) is 15.5. The summed E-state index contributed by atoms with van der Waals surface area (Å²) >= 11 is 2.16. The van der Waals surface area contributed by atoms with Crippen molar-refractivity contribution in [3.05, 3.63) is 57.7 Å². The molecule has 0 aliphatic heterocycles. The molecule has 2 rings (SSSR count). The highest BCUT2D eigenvalue weighted by atomic mass is 127. The molecule has 5 heteroatoms. The van der Waals surface area contributed by atoms with E-state index in [9.17, 15) is 9.59 Å². The summed E-state index contributed by atoms with van der Waals surface area (Å²) < 4.78 is 6.11. The largest absolute Gasteiger partial charge is 0.426 e. The Balaban J connectivity index is 2.11. The van der Waals surface area contributed by atoms with Crippen LogP contribution in [0.25, 0.3) is 0 Å². The van der Waals surface area contributed by atoms with E-state index < -0.39 is 0 Å². The summed E-state index contributed by atoms with van der Waals surface area (Å²) in [5, 5.41) is 2.78. The summed E-state index contributed by atoms with van der Waals surface area (Å²) in [6, 6.07) is 14.1. The van der Waals surface area contributed by atoms with Gasteiger partial charge in [0.1, 0.15) is 5.75 Å². The lowest BCUT2D eigenvalue weighted by molar-refractivity contribution is -0.134. The van der Waals surface area contributed by atoms with E-state index in [1.54, 1.807) is 43.3 Å². The number of hydrogen-bond acceptors (Lipinski definition) is 3. The van der Waals surface area contributed by atoms with Crippen molar-refractivity contribution in [2.24, 2.45) is 0 Å². The fourth-order valence-corrected chi connectivity index (χ4v) is 2.22. The third-order valence-electron chi connectivity index (χ3n) is 2.70. The number of amides is 1. The predicted octanol–water partition coefficient (Wildman–Crippen LogP) is 3.86. The Morgan fingerprint density at radius 2 is 1.90 bits per heavy atom. The van der Waals surface area contributed by atoms with Gasteiger partial charge in [-0.2, -0.15) is 0 Å². The first-order valence-corrected chi connectivity index (χ1v) is 7.54. The van der Waals surface area contributed by atoms with Crippen molar-refractivity contribution in [2.75, 3.05) is 5.32 Å². The topological polar surface area (TPSA) is 55.4 Å². The summed E-state index contributed by atoms with van der Waals surface area (Å²) in [5.41, 5.74) is 1.16. The lowest BCUT2D eigenvalue weighted by Gasteiger charge is -2.08. The minimum absolute atomic E-state index is 0.201. The number of rotatable bonds is 4. The lowest BCUT2D eigenvalue weighted by Crippen LogP contribution is -2.12. The third kappa shape index (κ3) is 4.56. The maximum atomic E-state index is 12.1. The maximum absolute atomic E-state index is 12.1.